The van der Waals surface area contributed by atoms with Crippen LogP contribution < -0.4 is 15.0 Å². The number of anilines is 2. The van der Waals surface area contributed by atoms with Gasteiger partial charge in [0, 0.05) is 42.5 Å². The zero-order valence-corrected chi connectivity index (χ0v) is 16.7. The molecule has 0 unspecified atom stereocenters. The maximum Gasteiger partial charge on any atom is 0.265 e. The summed E-state index contributed by atoms with van der Waals surface area (Å²) < 4.78 is 10.9. The van der Waals surface area contributed by atoms with Crippen LogP contribution in [0.1, 0.15) is 10.4 Å². The Morgan fingerprint density at radius 3 is 2.72 bits per heavy atom. The van der Waals surface area contributed by atoms with Crippen molar-refractivity contribution in [2.24, 2.45) is 0 Å². The molecule has 2 aromatic carbocycles. The summed E-state index contributed by atoms with van der Waals surface area (Å²) in [6.45, 7) is 4.49. The summed E-state index contributed by atoms with van der Waals surface area (Å²) in [5.41, 5.74) is 1.72. The number of amides is 2. The van der Waals surface area contributed by atoms with Crippen LogP contribution in [-0.4, -0.2) is 62.7 Å². The lowest BCUT2D eigenvalue weighted by Crippen LogP contribution is -2.45. The van der Waals surface area contributed by atoms with E-state index < -0.39 is 0 Å². The topological polar surface area (TPSA) is 71.1 Å². The molecule has 0 spiro atoms. The summed E-state index contributed by atoms with van der Waals surface area (Å²) in [7, 11) is 0. The number of benzene rings is 2. The van der Waals surface area contributed by atoms with Gasteiger partial charge in [-0.1, -0.05) is 17.7 Å². The number of morpholine rings is 1. The van der Waals surface area contributed by atoms with Gasteiger partial charge in [-0.2, -0.15) is 0 Å². The molecule has 7 nitrogen and oxygen atoms in total. The molecule has 2 aliphatic rings. The van der Waals surface area contributed by atoms with E-state index in [9.17, 15) is 9.59 Å². The molecule has 1 saturated heterocycles. The minimum Gasteiger partial charge on any atom is -0.482 e. The maximum absolute atomic E-state index is 12.5. The zero-order valence-electron chi connectivity index (χ0n) is 15.9. The number of hydrogen-bond donors (Lipinski definition) is 1. The first-order valence-electron chi connectivity index (χ1n) is 9.54. The van der Waals surface area contributed by atoms with Gasteiger partial charge in [-0.3, -0.25) is 14.5 Å². The van der Waals surface area contributed by atoms with Crippen LogP contribution >= 0.6 is 11.6 Å². The first kappa shape index (κ1) is 19.7. The van der Waals surface area contributed by atoms with Gasteiger partial charge in [-0.05, 0) is 36.4 Å². The van der Waals surface area contributed by atoms with Crippen LogP contribution in [0.3, 0.4) is 0 Å². The molecule has 2 heterocycles. The average Bonchev–Trinajstić information content (AvgIpc) is 2.74. The van der Waals surface area contributed by atoms with Gasteiger partial charge in [-0.25, -0.2) is 0 Å². The lowest BCUT2D eigenvalue weighted by atomic mass is 10.1. The molecular formula is C21H22ClN3O4. The lowest BCUT2D eigenvalue weighted by molar-refractivity contribution is -0.121. The van der Waals surface area contributed by atoms with Crippen LogP contribution in [0, 0.1) is 0 Å². The van der Waals surface area contributed by atoms with Crippen molar-refractivity contribution in [3.63, 3.8) is 0 Å². The Balaban J connectivity index is 1.50. The monoisotopic (exact) mass is 415 g/mol. The average molecular weight is 416 g/mol. The molecule has 8 heteroatoms. The Morgan fingerprint density at radius 1 is 1.10 bits per heavy atom. The summed E-state index contributed by atoms with van der Waals surface area (Å²) in [6.07, 6.45) is 0. The third kappa shape index (κ3) is 4.70. The van der Waals surface area contributed by atoms with Gasteiger partial charge in [0.2, 0.25) is 0 Å². The molecule has 0 atom stereocenters. The van der Waals surface area contributed by atoms with Gasteiger partial charge < -0.3 is 19.7 Å². The predicted molar refractivity (Wildman–Crippen MR) is 111 cm³/mol. The summed E-state index contributed by atoms with van der Waals surface area (Å²) in [5.74, 6) is 0.270. The Hall–Kier alpha value is -2.61. The summed E-state index contributed by atoms with van der Waals surface area (Å²) >= 11 is 5.97. The van der Waals surface area contributed by atoms with Crippen molar-refractivity contribution in [2.45, 2.75) is 0 Å². The minimum absolute atomic E-state index is 0.0182. The highest BCUT2D eigenvalue weighted by molar-refractivity contribution is 6.31. The Morgan fingerprint density at radius 2 is 1.93 bits per heavy atom. The molecule has 4 rings (SSSR count). The van der Waals surface area contributed by atoms with E-state index in [0.717, 1.165) is 19.6 Å². The number of rotatable bonds is 5. The van der Waals surface area contributed by atoms with Crippen LogP contribution in [0.15, 0.2) is 42.5 Å². The Labute approximate surface area is 174 Å². The minimum atomic E-state index is -0.268. The van der Waals surface area contributed by atoms with Crippen LogP contribution in [0.2, 0.25) is 5.02 Å². The van der Waals surface area contributed by atoms with Gasteiger partial charge in [0.15, 0.2) is 6.61 Å². The number of ether oxygens (including phenoxy) is 2. The largest absolute Gasteiger partial charge is 0.482 e. The molecule has 2 aliphatic heterocycles. The van der Waals surface area contributed by atoms with Crippen LogP contribution in [0.25, 0.3) is 0 Å². The number of hydrogen-bond acceptors (Lipinski definition) is 5. The fraction of sp³-hybridized carbons (Fsp3) is 0.333. The third-order valence-electron chi connectivity index (χ3n) is 4.99. The second kappa shape index (κ2) is 8.82. The number of fused-ring (bicyclic) bond motifs is 1. The Bertz CT molecular complexity index is 915. The van der Waals surface area contributed by atoms with Gasteiger partial charge in [-0.15, -0.1) is 0 Å². The third-order valence-corrected chi connectivity index (χ3v) is 5.23. The molecule has 2 amide bonds. The quantitative estimate of drug-likeness (QED) is 0.812. The maximum atomic E-state index is 12.5. The summed E-state index contributed by atoms with van der Waals surface area (Å²) in [6, 6.07) is 12.1. The molecule has 1 fully saturated rings. The van der Waals surface area contributed by atoms with E-state index >= 15 is 0 Å². The van der Waals surface area contributed by atoms with Crippen molar-refractivity contribution in [1.29, 1.82) is 0 Å². The predicted octanol–water partition coefficient (Wildman–Crippen LogP) is 2.65. The smallest absolute Gasteiger partial charge is 0.265 e. The van der Waals surface area contributed by atoms with Crippen LogP contribution in [-0.2, 0) is 9.53 Å². The molecule has 0 radical (unpaired) electrons. The van der Waals surface area contributed by atoms with E-state index in [1.54, 1.807) is 47.4 Å². The zero-order chi connectivity index (χ0) is 20.2. The first-order valence-corrected chi connectivity index (χ1v) is 9.92. The van der Waals surface area contributed by atoms with Crippen molar-refractivity contribution < 1.29 is 19.1 Å². The molecule has 152 valence electrons. The lowest BCUT2D eigenvalue weighted by Gasteiger charge is -2.33. The number of carbonyl (C=O) groups is 2. The van der Waals surface area contributed by atoms with Crippen molar-refractivity contribution in [2.75, 3.05) is 56.2 Å². The highest BCUT2D eigenvalue weighted by Gasteiger charge is 2.26. The standard InChI is InChI=1S/C21H22ClN3O4/c22-16-3-1-2-15(12-16)21(27)23-17-4-5-19-18(13-17)25(20(26)14-29-19)7-6-24-8-10-28-11-9-24/h1-5,12-13H,6-11,14H2,(H,23,27). The van der Waals surface area contributed by atoms with Gasteiger partial charge >= 0.3 is 0 Å². The van der Waals surface area contributed by atoms with Gasteiger partial charge in [0.05, 0.1) is 18.9 Å². The van der Waals surface area contributed by atoms with Crippen molar-refractivity contribution in [1.82, 2.24) is 4.90 Å². The number of nitrogens with zero attached hydrogens (tertiary/aromatic N) is 2. The second-order valence-electron chi connectivity index (χ2n) is 6.94. The van der Waals surface area contributed by atoms with E-state index in [1.807, 2.05) is 0 Å². The SMILES string of the molecule is O=C(Nc1ccc2c(c1)N(CCN1CCOCC1)C(=O)CO2)c1cccc(Cl)c1. The first-order chi connectivity index (χ1) is 14.1. The highest BCUT2D eigenvalue weighted by Crippen LogP contribution is 2.34. The van der Waals surface area contributed by atoms with Crippen molar-refractivity contribution in [3.8, 4) is 5.75 Å². The molecule has 0 saturated carbocycles. The molecule has 0 aromatic heterocycles. The molecule has 0 aliphatic carbocycles. The van der Waals surface area contributed by atoms with Gasteiger partial charge in [0.1, 0.15) is 5.75 Å². The fourth-order valence-corrected chi connectivity index (χ4v) is 3.61. The van der Waals surface area contributed by atoms with Crippen molar-refractivity contribution in [3.05, 3.63) is 53.1 Å². The molecule has 0 bridgehead atoms. The van der Waals surface area contributed by atoms with Crippen LogP contribution in [0.4, 0.5) is 11.4 Å². The van der Waals surface area contributed by atoms with Crippen LogP contribution in [0.5, 0.6) is 5.75 Å². The van der Waals surface area contributed by atoms with Crippen molar-refractivity contribution >= 4 is 34.8 Å². The van der Waals surface area contributed by atoms with E-state index in [0.29, 0.717) is 47.5 Å². The molecular weight excluding hydrogens is 394 g/mol. The van der Waals surface area contributed by atoms with E-state index in [-0.39, 0.29) is 18.4 Å². The number of halogens is 1. The number of nitrogens with one attached hydrogen (secondary N) is 1. The normalized spacial score (nSPS) is 16.9. The Kier molecular flexibility index (Phi) is 5.99. The summed E-state index contributed by atoms with van der Waals surface area (Å²) in [4.78, 5) is 29.0. The molecule has 2 aromatic rings. The second-order valence-corrected chi connectivity index (χ2v) is 7.37. The fourth-order valence-electron chi connectivity index (χ4n) is 3.42. The molecule has 29 heavy (non-hydrogen) atoms. The highest BCUT2D eigenvalue weighted by atomic mass is 35.5. The van der Waals surface area contributed by atoms with E-state index in [4.69, 9.17) is 21.1 Å². The van der Waals surface area contributed by atoms with E-state index in [1.165, 1.54) is 0 Å². The van der Waals surface area contributed by atoms with E-state index in [2.05, 4.69) is 10.2 Å². The van der Waals surface area contributed by atoms with Gasteiger partial charge in [0.25, 0.3) is 11.8 Å². The number of carbonyl (C=O) groups excluding carboxylic acids is 2. The summed E-state index contributed by atoms with van der Waals surface area (Å²) in [5, 5.41) is 3.36. The molecule has 1 N–H and O–H groups in total.